The van der Waals surface area contributed by atoms with E-state index in [1.54, 1.807) is 51.1 Å². The summed E-state index contributed by atoms with van der Waals surface area (Å²) < 4.78 is 37.8. The lowest BCUT2D eigenvalue weighted by atomic mass is 10.0. The third-order valence-electron chi connectivity index (χ3n) is 5.79. The van der Waals surface area contributed by atoms with Gasteiger partial charge in [0.2, 0.25) is 0 Å². The molecule has 38 heavy (non-hydrogen) atoms. The molecule has 0 aliphatic carbocycles. The number of nitrogens with one attached hydrogen (secondary N) is 1. The number of ether oxygens (including phenoxy) is 2. The summed E-state index contributed by atoms with van der Waals surface area (Å²) in [6, 6.07) is 7.27. The first kappa shape index (κ1) is 28.2. The monoisotopic (exact) mass is 568 g/mol. The van der Waals surface area contributed by atoms with Crippen LogP contribution in [-0.4, -0.2) is 66.4 Å². The molecule has 4 rings (SSSR count). The van der Waals surface area contributed by atoms with Gasteiger partial charge in [0.1, 0.15) is 40.7 Å². The molecule has 2 unspecified atom stereocenters. The maximum absolute atomic E-state index is 13.8. The van der Waals surface area contributed by atoms with E-state index in [2.05, 4.69) is 20.0 Å². The van der Waals surface area contributed by atoms with E-state index in [0.717, 1.165) is 0 Å². The highest BCUT2D eigenvalue weighted by atomic mass is 35.5. The number of carbonyl (C=O) groups excluding carboxylic acids is 1. The van der Waals surface area contributed by atoms with Gasteiger partial charge in [-0.05, 0) is 39.8 Å². The van der Waals surface area contributed by atoms with E-state index in [-0.39, 0.29) is 17.7 Å². The number of aliphatic hydroxyl groups excluding tert-OH is 1. The molecule has 1 aliphatic heterocycles. The summed E-state index contributed by atoms with van der Waals surface area (Å²) in [5.74, 6) is -0.221. The zero-order chi connectivity index (χ0) is 27.7. The van der Waals surface area contributed by atoms with Crippen molar-refractivity contribution in [1.29, 1.82) is 0 Å². The van der Waals surface area contributed by atoms with Crippen LogP contribution in [0.2, 0.25) is 0 Å². The van der Waals surface area contributed by atoms with Crippen molar-refractivity contribution < 1.29 is 33.0 Å². The summed E-state index contributed by atoms with van der Waals surface area (Å²) in [4.78, 5) is 23.4. The number of nitrogens with zero attached hydrogens (tertiary/aromatic N) is 4. The normalized spacial score (nSPS) is 25.8. The topological polar surface area (TPSA) is 173 Å². The number of nitrogen functional groups attached to an aromatic ring is 1. The van der Waals surface area contributed by atoms with Gasteiger partial charge >= 0.3 is 13.7 Å². The van der Waals surface area contributed by atoms with E-state index in [1.807, 2.05) is 0 Å². The SMILES string of the molecule is CC(C)OC(=O)C(C)NP(=O)(OC[C@H]1O[C@@H](n2cnc3c(N)ncnc32)[C@](C)(Cl)[C@@H]1O)Oc1ccccc1. The number of benzene rings is 1. The molecule has 0 spiro atoms. The quantitative estimate of drug-likeness (QED) is 0.186. The molecule has 1 aromatic carbocycles. The Labute approximate surface area is 224 Å². The van der Waals surface area contributed by atoms with Crippen LogP contribution in [0.15, 0.2) is 43.0 Å². The third-order valence-corrected chi connectivity index (χ3v) is 7.85. The van der Waals surface area contributed by atoms with Crippen LogP contribution in [0.1, 0.15) is 33.9 Å². The predicted molar refractivity (Wildman–Crippen MR) is 138 cm³/mol. The minimum absolute atomic E-state index is 0.179. The maximum Gasteiger partial charge on any atom is 0.459 e. The van der Waals surface area contributed by atoms with Gasteiger partial charge in [0.15, 0.2) is 17.7 Å². The molecule has 6 atom stereocenters. The van der Waals surface area contributed by atoms with Crippen LogP contribution in [0.4, 0.5) is 5.82 Å². The molecule has 15 heteroatoms. The summed E-state index contributed by atoms with van der Waals surface area (Å²) in [5.41, 5.74) is 6.60. The molecule has 3 aromatic rings. The molecule has 1 aliphatic rings. The number of anilines is 1. The van der Waals surface area contributed by atoms with Gasteiger partial charge in [-0.1, -0.05) is 18.2 Å². The molecule has 206 valence electrons. The molecule has 1 fully saturated rings. The zero-order valence-corrected chi connectivity index (χ0v) is 22.9. The molecule has 3 heterocycles. The van der Waals surface area contributed by atoms with E-state index < -0.39 is 49.7 Å². The van der Waals surface area contributed by atoms with Gasteiger partial charge in [-0.3, -0.25) is 13.9 Å². The van der Waals surface area contributed by atoms with Crippen LogP contribution >= 0.6 is 19.3 Å². The Hall–Kier alpha value is -2.80. The fourth-order valence-corrected chi connectivity index (χ4v) is 5.70. The zero-order valence-electron chi connectivity index (χ0n) is 21.2. The highest BCUT2D eigenvalue weighted by Gasteiger charge is 2.54. The van der Waals surface area contributed by atoms with Crippen molar-refractivity contribution in [3.8, 4) is 5.75 Å². The minimum Gasteiger partial charge on any atom is -0.462 e. The Morgan fingerprint density at radius 2 is 2.00 bits per heavy atom. The number of rotatable bonds is 10. The second-order valence-electron chi connectivity index (χ2n) is 9.24. The standard InChI is InChI=1S/C23H30ClN6O7P/c1-13(2)35-21(32)14(3)29-38(33,37-15-8-6-5-7-9-15)34-10-16-18(31)23(4,24)22(36-16)30-12-28-17-19(25)26-11-27-20(17)30/h5-9,11-14,16,18,22,31H,10H2,1-4H3,(H,29,33)(H2,25,26,27)/t14?,16-,18-,22-,23-,38?/m1/s1. The Morgan fingerprint density at radius 1 is 1.29 bits per heavy atom. The molecule has 0 amide bonds. The van der Waals surface area contributed by atoms with Crippen molar-refractivity contribution in [3.05, 3.63) is 43.0 Å². The first-order valence-corrected chi connectivity index (χ1v) is 13.8. The lowest BCUT2D eigenvalue weighted by Crippen LogP contribution is -2.40. The highest BCUT2D eigenvalue weighted by Crippen LogP contribution is 2.48. The second kappa shape index (κ2) is 11.1. The molecule has 0 saturated carbocycles. The number of esters is 1. The average Bonchev–Trinajstić information content (AvgIpc) is 3.37. The summed E-state index contributed by atoms with van der Waals surface area (Å²) in [6.45, 7) is 6.06. The highest BCUT2D eigenvalue weighted by molar-refractivity contribution is 7.52. The number of hydrogen-bond acceptors (Lipinski definition) is 11. The summed E-state index contributed by atoms with van der Waals surface area (Å²) in [5, 5.41) is 13.6. The number of hydrogen-bond donors (Lipinski definition) is 3. The van der Waals surface area contributed by atoms with Crippen LogP contribution in [0.25, 0.3) is 11.2 Å². The van der Waals surface area contributed by atoms with Crippen LogP contribution < -0.4 is 15.3 Å². The smallest absolute Gasteiger partial charge is 0.459 e. The number of aliphatic hydroxyl groups is 1. The Morgan fingerprint density at radius 3 is 2.68 bits per heavy atom. The van der Waals surface area contributed by atoms with Crippen molar-refractivity contribution >= 4 is 42.3 Å². The number of imidazole rings is 1. The van der Waals surface area contributed by atoms with Crippen LogP contribution in [0.5, 0.6) is 5.75 Å². The predicted octanol–water partition coefficient (Wildman–Crippen LogP) is 2.80. The molecule has 4 N–H and O–H groups in total. The molecule has 0 radical (unpaired) electrons. The first-order valence-electron chi connectivity index (χ1n) is 11.8. The summed E-state index contributed by atoms with van der Waals surface area (Å²) in [6.07, 6.45) is -0.895. The van der Waals surface area contributed by atoms with Gasteiger partial charge in [0, 0.05) is 0 Å². The number of fused-ring (bicyclic) bond motifs is 1. The average molecular weight is 569 g/mol. The minimum atomic E-state index is -4.18. The number of para-hydroxylation sites is 1. The molecule has 2 aromatic heterocycles. The van der Waals surface area contributed by atoms with Gasteiger partial charge in [-0.2, -0.15) is 5.09 Å². The second-order valence-corrected chi connectivity index (χ2v) is 11.7. The van der Waals surface area contributed by atoms with Crippen molar-refractivity contribution in [1.82, 2.24) is 24.6 Å². The fraction of sp³-hybridized carbons (Fsp3) is 0.478. The molecule has 13 nitrogen and oxygen atoms in total. The van der Waals surface area contributed by atoms with Gasteiger partial charge in [0.25, 0.3) is 0 Å². The van der Waals surface area contributed by atoms with Crippen LogP contribution in [-0.2, 0) is 23.4 Å². The van der Waals surface area contributed by atoms with Crippen molar-refractivity contribution in [2.24, 2.45) is 0 Å². The van der Waals surface area contributed by atoms with Crippen molar-refractivity contribution in [3.63, 3.8) is 0 Å². The number of halogens is 1. The van der Waals surface area contributed by atoms with Gasteiger partial charge in [-0.25, -0.2) is 19.5 Å². The molecule has 0 bridgehead atoms. The number of alkyl halides is 1. The molecular weight excluding hydrogens is 539 g/mol. The lowest BCUT2D eigenvalue weighted by molar-refractivity contribution is -0.149. The van der Waals surface area contributed by atoms with Crippen molar-refractivity contribution in [2.45, 2.75) is 63.2 Å². The Kier molecular flexibility index (Phi) is 8.26. The largest absolute Gasteiger partial charge is 0.462 e. The van der Waals surface area contributed by atoms with E-state index in [9.17, 15) is 14.5 Å². The van der Waals surface area contributed by atoms with Crippen LogP contribution in [0.3, 0.4) is 0 Å². The number of aromatic nitrogens is 4. The van der Waals surface area contributed by atoms with E-state index in [1.165, 1.54) is 24.1 Å². The van der Waals surface area contributed by atoms with Crippen LogP contribution in [0, 0.1) is 0 Å². The summed E-state index contributed by atoms with van der Waals surface area (Å²) >= 11 is 6.73. The number of nitrogens with two attached hydrogens (primary N) is 1. The fourth-order valence-electron chi connectivity index (χ4n) is 3.90. The van der Waals surface area contributed by atoms with E-state index in [4.69, 9.17) is 35.9 Å². The van der Waals surface area contributed by atoms with Gasteiger partial charge < -0.3 is 24.8 Å². The van der Waals surface area contributed by atoms with Crippen molar-refractivity contribution in [2.75, 3.05) is 12.3 Å². The first-order chi connectivity index (χ1) is 17.9. The van der Waals surface area contributed by atoms with Gasteiger partial charge in [0.05, 0.1) is 19.0 Å². The number of carbonyl (C=O) groups is 1. The lowest BCUT2D eigenvalue weighted by Gasteiger charge is -2.26. The van der Waals surface area contributed by atoms with Gasteiger partial charge in [-0.15, -0.1) is 11.6 Å². The molecular formula is C23H30ClN6O7P. The van der Waals surface area contributed by atoms with E-state index in [0.29, 0.717) is 11.2 Å². The Balaban J connectivity index is 1.54. The maximum atomic E-state index is 13.8. The summed E-state index contributed by atoms with van der Waals surface area (Å²) in [7, 11) is -4.18. The molecule has 1 saturated heterocycles. The Bertz CT molecular complexity index is 1320. The van der Waals surface area contributed by atoms with E-state index >= 15 is 0 Å². The third kappa shape index (κ3) is 5.93.